The molecule has 0 aromatic heterocycles. The van der Waals surface area contributed by atoms with Gasteiger partial charge in [-0.1, -0.05) is 13.8 Å². The van der Waals surface area contributed by atoms with Crippen molar-refractivity contribution in [2.45, 2.75) is 46.0 Å². The lowest BCUT2D eigenvalue weighted by molar-refractivity contribution is -0.134. The number of aliphatic hydroxyl groups excluding tert-OH is 1. The van der Waals surface area contributed by atoms with Gasteiger partial charge >= 0.3 is 0 Å². The normalized spacial score (nSPS) is 18.3. The fourth-order valence-electron chi connectivity index (χ4n) is 2.18. The zero-order chi connectivity index (χ0) is 11.3. The molecule has 1 rings (SSSR count). The van der Waals surface area contributed by atoms with E-state index in [1.807, 2.05) is 4.90 Å². The van der Waals surface area contributed by atoms with E-state index in [0.717, 1.165) is 45.2 Å². The summed E-state index contributed by atoms with van der Waals surface area (Å²) in [4.78, 5) is 13.6. The first-order chi connectivity index (χ1) is 7.05. The first-order valence-electron chi connectivity index (χ1n) is 5.94. The third kappa shape index (κ3) is 4.20. The van der Waals surface area contributed by atoms with E-state index in [9.17, 15) is 4.79 Å². The Labute approximate surface area is 92.5 Å². The molecule has 1 N–H and O–H groups in total. The highest BCUT2D eigenvalue weighted by Crippen LogP contribution is 2.25. The van der Waals surface area contributed by atoms with E-state index in [2.05, 4.69) is 13.8 Å². The molecular formula is C12H23NO2. The van der Waals surface area contributed by atoms with Crippen molar-refractivity contribution in [1.82, 2.24) is 4.90 Å². The second-order valence-corrected chi connectivity index (χ2v) is 5.26. The lowest BCUT2D eigenvalue weighted by Gasteiger charge is -2.35. The summed E-state index contributed by atoms with van der Waals surface area (Å²) in [6.45, 7) is 6.35. The van der Waals surface area contributed by atoms with Crippen molar-refractivity contribution in [2.75, 3.05) is 19.7 Å². The van der Waals surface area contributed by atoms with Gasteiger partial charge in [0.2, 0.25) is 5.91 Å². The molecule has 1 aliphatic rings. The Morgan fingerprint density at radius 1 is 1.40 bits per heavy atom. The first kappa shape index (κ1) is 12.5. The summed E-state index contributed by atoms with van der Waals surface area (Å²) in [5.74, 6) is 0.304. The van der Waals surface area contributed by atoms with Gasteiger partial charge in [0, 0.05) is 26.1 Å². The molecule has 0 saturated carbocycles. The van der Waals surface area contributed by atoms with Crippen LogP contribution < -0.4 is 0 Å². The summed E-state index contributed by atoms with van der Waals surface area (Å²) < 4.78 is 0. The maximum Gasteiger partial charge on any atom is 0.222 e. The fraction of sp³-hybridized carbons (Fsp3) is 0.917. The zero-order valence-corrected chi connectivity index (χ0v) is 9.96. The highest BCUT2D eigenvalue weighted by molar-refractivity contribution is 5.76. The third-order valence-corrected chi connectivity index (χ3v) is 3.05. The molecule has 88 valence electrons. The smallest absolute Gasteiger partial charge is 0.222 e. The number of amides is 1. The Morgan fingerprint density at radius 3 is 2.73 bits per heavy atom. The van der Waals surface area contributed by atoms with E-state index in [0.29, 0.717) is 5.91 Å². The highest BCUT2D eigenvalue weighted by Gasteiger charge is 2.25. The van der Waals surface area contributed by atoms with Crippen molar-refractivity contribution in [2.24, 2.45) is 5.41 Å². The number of carbonyl (C=O) groups is 1. The number of likely N-dealkylation sites (tertiary alicyclic amines) is 1. The Hall–Kier alpha value is -0.570. The molecule has 1 saturated heterocycles. The standard InChI is InChI=1S/C12H23NO2/c1-12(2,7-5-9-14)10-13-8-4-3-6-11(13)15/h14H,3-10H2,1-2H3. The van der Waals surface area contributed by atoms with Gasteiger partial charge in [0.05, 0.1) is 0 Å². The molecule has 1 heterocycles. The third-order valence-electron chi connectivity index (χ3n) is 3.05. The van der Waals surface area contributed by atoms with E-state index in [4.69, 9.17) is 5.11 Å². The van der Waals surface area contributed by atoms with E-state index in [-0.39, 0.29) is 12.0 Å². The van der Waals surface area contributed by atoms with Gasteiger partial charge in [-0.2, -0.15) is 0 Å². The van der Waals surface area contributed by atoms with E-state index in [1.54, 1.807) is 0 Å². The fourth-order valence-corrected chi connectivity index (χ4v) is 2.18. The van der Waals surface area contributed by atoms with Crippen LogP contribution in [-0.2, 0) is 4.79 Å². The Balaban J connectivity index is 2.40. The van der Waals surface area contributed by atoms with Crippen molar-refractivity contribution in [3.8, 4) is 0 Å². The molecule has 0 unspecified atom stereocenters. The Morgan fingerprint density at radius 2 is 2.13 bits per heavy atom. The maximum absolute atomic E-state index is 11.6. The molecule has 3 heteroatoms. The van der Waals surface area contributed by atoms with Crippen LogP contribution in [0.4, 0.5) is 0 Å². The summed E-state index contributed by atoms with van der Waals surface area (Å²) in [5.41, 5.74) is 0.135. The molecule has 0 radical (unpaired) electrons. The number of carbonyl (C=O) groups excluding carboxylic acids is 1. The van der Waals surface area contributed by atoms with Crippen LogP contribution in [0.2, 0.25) is 0 Å². The topological polar surface area (TPSA) is 40.5 Å². The van der Waals surface area contributed by atoms with Crippen LogP contribution in [0.5, 0.6) is 0 Å². The van der Waals surface area contributed by atoms with Crippen LogP contribution in [0, 0.1) is 5.41 Å². The van der Waals surface area contributed by atoms with Gasteiger partial charge in [0.15, 0.2) is 0 Å². The van der Waals surface area contributed by atoms with Gasteiger partial charge in [0.25, 0.3) is 0 Å². The number of hydrogen-bond acceptors (Lipinski definition) is 2. The molecule has 3 nitrogen and oxygen atoms in total. The van der Waals surface area contributed by atoms with Crippen LogP contribution in [0.3, 0.4) is 0 Å². The van der Waals surface area contributed by atoms with Crippen molar-refractivity contribution in [3.63, 3.8) is 0 Å². The van der Waals surface area contributed by atoms with E-state index >= 15 is 0 Å². The summed E-state index contributed by atoms with van der Waals surface area (Å²) in [6.07, 6.45) is 4.71. The van der Waals surface area contributed by atoms with Gasteiger partial charge in [-0.3, -0.25) is 4.79 Å². The average molecular weight is 213 g/mol. The number of nitrogens with zero attached hydrogens (tertiary/aromatic N) is 1. The molecule has 0 aromatic carbocycles. The van der Waals surface area contributed by atoms with Crippen molar-refractivity contribution in [1.29, 1.82) is 0 Å². The molecular weight excluding hydrogens is 190 g/mol. The minimum atomic E-state index is 0.135. The quantitative estimate of drug-likeness (QED) is 0.756. The zero-order valence-electron chi connectivity index (χ0n) is 9.96. The lowest BCUT2D eigenvalue weighted by Crippen LogP contribution is -2.41. The first-order valence-corrected chi connectivity index (χ1v) is 5.94. The van der Waals surface area contributed by atoms with E-state index < -0.39 is 0 Å². The predicted molar refractivity (Wildman–Crippen MR) is 60.5 cm³/mol. The van der Waals surface area contributed by atoms with Crippen LogP contribution in [0.15, 0.2) is 0 Å². The minimum Gasteiger partial charge on any atom is -0.396 e. The average Bonchev–Trinajstić information content (AvgIpc) is 2.18. The van der Waals surface area contributed by atoms with Gasteiger partial charge in [-0.25, -0.2) is 0 Å². The number of hydrogen-bond donors (Lipinski definition) is 1. The summed E-state index contributed by atoms with van der Waals surface area (Å²) >= 11 is 0. The largest absolute Gasteiger partial charge is 0.396 e. The Kier molecular flexibility index (Phi) is 4.58. The SMILES string of the molecule is CC(C)(CCCO)CN1CCCCC1=O. The highest BCUT2D eigenvalue weighted by atomic mass is 16.2. The molecule has 0 atom stereocenters. The number of piperidine rings is 1. The van der Waals surface area contributed by atoms with E-state index in [1.165, 1.54) is 0 Å². The molecule has 0 aliphatic carbocycles. The number of aliphatic hydroxyl groups is 1. The number of rotatable bonds is 5. The molecule has 15 heavy (non-hydrogen) atoms. The Bertz CT molecular complexity index is 214. The van der Waals surface area contributed by atoms with Crippen LogP contribution in [0.25, 0.3) is 0 Å². The second-order valence-electron chi connectivity index (χ2n) is 5.26. The van der Waals surface area contributed by atoms with Crippen molar-refractivity contribution >= 4 is 5.91 Å². The molecule has 1 fully saturated rings. The van der Waals surface area contributed by atoms with Crippen LogP contribution >= 0.6 is 0 Å². The lowest BCUT2D eigenvalue weighted by atomic mass is 9.86. The van der Waals surface area contributed by atoms with Crippen molar-refractivity contribution in [3.05, 3.63) is 0 Å². The summed E-state index contributed by atoms with van der Waals surface area (Å²) in [5, 5.41) is 8.81. The van der Waals surface area contributed by atoms with Gasteiger partial charge in [0.1, 0.15) is 0 Å². The predicted octanol–water partition coefficient (Wildman–Crippen LogP) is 1.80. The van der Waals surface area contributed by atoms with Crippen molar-refractivity contribution < 1.29 is 9.90 Å². The molecule has 0 spiro atoms. The monoisotopic (exact) mass is 213 g/mol. The molecule has 0 bridgehead atoms. The van der Waals surface area contributed by atoms with Gasteiger partial charge in [-0.15, -0.1) is 0 Å². The second kappa shape index (κ2) is 5.50. The minimum absolute atomic E-state index is 0.135. The molecule has 1 amide bonds. The summed E-state index contributed by atoms with van der Waals surface area (Å²) in [7, 11) is 0. The molecule has 1 aliphatic heterocycles. The maximum atomic E-state index is 11.6. The van der Waals surface area contributed by atoms with Gasteiger partial charge < -0.3 is 10.0 Å². The summed E-state index contributed by atoms with van der Waals surface area (Å²) in [6, 6.07) is 0. The van der Waals surface area contributed by atoms with Gasteiger partial charge in [-0.05, 0) is 31.1 Å². The van der Waals surface area contributed by atoms with Crippen LogP contribution in [0.1, 0.15) is 46.0 Å². The molecule has 0 aromatic rings. The van der Waals surface area contributed by atoms with Crippen LogP contribution in [-0.4, -0.2) is 35.6 Å².